The highest BCUT2D eigenvalue weighted by Gasteiger charge is 2.23. The number of benzene rings is 2. The second-order valence-electron chi connectivity index (χ2n) is 7.99. The number of non-ortho nitro benzene ring substituents is 1. The number of sulfonamides is 1. The minimum Gasteiger partial charge on any atom is -0.491 e. The van der Waals surface area contributed by atoms with Crippen LogP contribution < -0.4 is 14.4 Å². The van der Waals surface area contributed by atoms with E-state index < -0.39 is 27.4 Å². The van der Waals surface area contributed by atoms with E-state index >= 15 is 0 Å². The van der Waals surface area contributed by atoms with Gasteiger partial charge in [-0.2, -0.15) is 0 Å². The van der Waals surface area contributed by atoms with E-state index in [-0.39, 0.29) is 29.9 Å². The van der Waals surface area contributed by atoms with Crippen LogP contribution >= 0.6 is 0 Å². The predicted molar refractivity (Wildman–Crippen MR) is 119 cm³/mol. The summed E-state index contributed by atoms with van der Waals surface area (Å²) >= 11 is 0. The fourth-order valence-corrected chi connectivity index (χ4v) is 3.76. The lowest BCUT2D eigenvalue weighted by Gasteiger charge is -2.23. The number of hydrogen-bond donors (Lipinski definition) is 1. The Kier molecular flexibility index (Phi) is 7.61. The number of amides is 1. The summed E-state index contributed by atoms with van der Waals surface area (Å²) in [5.74, 6) is 0.170. The van der Waals surface area contributed by atoms with Gasteiger partial charge in [-0.1, -0.05) is 45.0 Å². The molecule has 2 rings (SSSR count). The first kappa shape index (κ1) is 24.1. The van der Waals surface area contributed by atoms with Crippen molar-refractivity contribution in [3.8, 4) is 5.75 Å². The van der Waals surface area contributed by atoms with Gasteiger partial charge >= 0.3 is 0 Å². The molecule has 0 saturated heterocycles. The molecule has 0 aliphatic rings. The van der Waals surface area contributed by atoms with Crippen molar-refractivity contribution in [3.05, 3.63) is 64.2 Å². The molecule has 31 heavy (non-hydrogen) atoms. The van der Waals surface area contributed by atoms with Crippen LogP contribution in [0.3, 0.4) is 0 Å². The zero-order valence-corrected chi connectivity index (χ0v) is 18.8. The van der Waals surface area contributed by atoms with Gasteiger partial charge in [0.05, 0.1) is 23.4 Å². The number of para-hydroxylation sites is 1. The molecule has 0 fully saturated rings. The smallest absolute Gasteiger partial charge is 0.271 e. The summed E-state index contributed by atoms with van der Waals surface area (Å²) in [5, 5.41) is 13.6. The Morgan fingerprint density at radius 1 is 1.16 bits per heavy atom. The molecule has 9 nitrogen and oxygen atoms in total. The summed E-state index contributed by atoms with van der Waals surface area (Å²) in [6, 6.07) is 12.8. The number of nitro benzene ring substituents is 1. The highest BCUT2D eigenvalue weighted by atomic mass is 32.2. The molecule has 1 amide bonds. The van der Waals surface area contributed by atoms with Gasteiger partial charge in [0.15, 0.2) is 0 Å². The van der Waals surface area contributed by atoms with Gasteiger partial charge in [0, 0.05) is 12.1 Å². The molecule has 0 aliphatic carbocycles. The number of rotatable bonds is 9. The molecule has 0 unspecified atom stereocenters. The highest BCUT2D eigenvalue weighted by molar-refractivity contribution is 7.92. The third kappa shape index (κ3) is 6.95. The fourth-order valence-electron chi connectivity index (χ4n) is 2.91. The molecule has 0 spiro atoms. The normalized spacial score (nSPS) is 11.6. The van der Waals surface area contributed by atoms with Crippen molar-refractivity contribution in [2.45, 2.75) is 26.2 Å². The number of anilines is 1. The van der Waals surface area contributed by atoms with Crippen LogP contribution in [0.25, 0.3) is 0 Å². The molecular weight excluding hydrogens is 422 g/mol. The minimum atomic E-state index is -3.83. The largest absolute Gasteiger partial charge is 0.491 e. The lowest BCUT2D eigenvalue weighted by Crippen LogP contribution is -2.41. The van der Waals surface area contributed by atoms with E-state index in [1.54, 1.807) is 0 Å². The van der Waals surface area contributed by atoms with Crippen LogP contribution in [-0.2, 0) is 20.2 Å². The van der Waals surface area contributed by atoms with Gasteiger partial charge in [-0.15, -0.1) is 0 Å². The van der Waals surface area contributed by atoms with Crippen LogP contribution in [0.5, 0.6) is 5.75 Å². The minimum absolute atomic E-state index is 0.0437. The van der Waals surface area contributed by atoms with Crippen molar-refractivity contribution >= 4 is 27.3 Å². The summed E-state index contributed by atoms with van der Waals surface area (Å²) in [7, 11) is -3.83. The summed E-state index contributed by atoms with van der Waals surface area (Å²) in [6.07, 6.45) is 0.936. The number of carbonyl (C=O) groups is 1. The van der Waals surface area contributed by atoms with Crippen molar-refractivity contribution in [1.82, 2.24) is 5.32 Å². The third-order valence-electron chi connectivity index (χ3n) is 4.39. The third-order valence-corrected chi connectivity index (χ3v) is 5.53. The van der Waals surface area contributed by atoms with Crippen LogP contribution in [0.1, 0.15) is 26.3 Å². The van der Waals surface area contributed by atoms with Crippen LogP contribution in [0, 0.1) is 10.1 Å². The molecule has 0 atom stereocenters. The van der Waals surface area contributed by atoms with Gasteiger partial charge in [-0.05, 0) is 23.1 Å². The Hall–Kier alpha value is -3.14. The number of nitrogens with one attached hydrogen (secondary N) is 1. The predicted octanol–water partition coefficient (Wildman–Crippen LogP) is 2.85. The summed E-state index contributed by atoms with van der Waals surface area (Å²) < 4.78 is 30.9. The molecule has 0 aromatic heterocycles. The molecule has 0 radical (unpaired) electrons. The maximum atomic E-state index is 12.3. The second kappa shape index (κ2) is 9.78. The monoisotopic (exact) mass is 449 g/mol. The molecule has 1 N–H and O–H groups in total. The van der Waals surface area contributed by atoms with E-state index in [4.69, 9.17) is 4.74 Å². The van der Waals surface area contributed by atoms with Gasteiger partial charge < -0.3 is 10.1 Å². The molecule has 0 bridgehead atoms. The first-order valence-corrected chi connectivity index (χ1v) is 11.5. The quantitative estimate of drug-likeness (QED) is 0.357. The Morgan fingerprint density at radius 3 is 2.45 bits per heavy atom. The summed E-state index contributed by atoms with van der Waals surface area (Å²) in [4.78, 5) is 22.7. The molecule has 0 aliphatic heterocycles. The number of nitro groups is 1. The molecular formula is C21H27N3O6S. The second-order valence-corrected chi connectivity index (χ2v) is 9.90. The Balaban J connectivity index is 1.99. The van der Waals surface area contributed by atoms with Crippen LogP contribution in [0.4, 0.5) is 11.4 Å². The van der Waals surface area contributed by atoms with E-state index in [1.165, 1.54) is 18.2 Å². The zero-order valence-electron chi connectivity index (χ0n) is 18.0. The zero-order chi connectivity index (χ0) is 23.2. The van der Waals surface area contributed by atoms with Crippen molar-refractivity contribution < 1.29 is 22.9 Å². The Bertz CT molecular complexity index is 1050. The number of ether oxygens (including phenoxy) is 1. The van der Waals surface area contributed by atoms with E-state index in [9.17, 15) is 23.3 Å². The van der Waals surface area contributed by atoms with Gasteiger partial charge in [-0.25, -0.2) is 8.42 Å². The van der Waals surface area contributed by atoms with Gasteiger partial charge in [0.1, 0.15) is 18.9 Å². The van der Waals surface area contributed by atoms with Crippen LogP contribution in [0.2, 0.25) is 0 Å². The number of nitrogens with zero attached hydrogens (tertiary/aromatic N) is 2. The highest BCUT2D eigenvalue weighted by Crippen LogP contribution is 2.30. The standard InChI is InChI=1S/C21H27N3O6S/c1-21(2,3)18-10-5-6-11-19(18)30-13-12-22-20(25)15-23(31(4,28)29)16-8-7-9-17(14-16)24(26)27/h5-11,14H,12-13,15H2,1-4H3,(H,22,25). The number of carbonyl (C=O) groups excluding carboxylic acids is 1. The lowest BCUT2D eigenvalue weighted by molar-refractivity contribution is -0.384. The molecule has 0 saturated carbocycles. The maximum Gasteiger partial charge on any atom is 0.271 e. The Labute approximate surface area is 182 Å². The lowest BCUT2D eigenvalue weighted by atomic mass is 9.86. The number of hydrogen-bond acceptors (Lipinski definition) is 6. The van der Waals surface area contributed by atoms with Crippen LogP contribution in [-0.4, -0.2) is 45.2 Å². The van der Waals surface area contributed by atoms with Crippen molar-refractivity contribution in [3.63, 3.8) is 0 Å². The van der Waals surface area contributed by atoms with Crippen molar-refractivity contribution in [2.75, 3.05) is 30.3 Å². The first-order chi connectivity index (χ1) is 14.4. The van der Waals surface area contributed by atoms with Gasteiger partial charge in [0.25, 0.3) is 5.69 Å². The Morgan fingerprint density at radius 2 is 1.84 bits per heavy atom. The van der Waals surface area contributed by atoms with Crippen LogP contribution in [0.15, 0.2) is 48.5 Å². The van der Waals surface area contributed by atoms with E-state index in [0.717, 1.165) is 27.9 Å². The SMILES string of the molecule is CC(C)(C)c1ccccc1OCCNC(=O)CN(c1cccc([N+](=O)[O-])c1)S(C)(=O)=O. The topological polar surface area (TPSA) is 119 Å². The van der Waals surface area contributed by atoms with Crippen molar-refractivity contribution in [1.29, 1.82) is 0 Å². The summed E-state index contributed by atoms with van der Waals surface area (Å²) in [6.45, 7) is 6.09. The first-order valence-electron chi connectivity index (χ1n) is 9.61. The maximum absolute atomic E-state index is 12.3. The van der Waals surface area contributed by atoms with Gasteiger partial charge in [0.2, 0.25) is 15.9 Å². The average molecular weight is 450 g/mol. The summed E-state index contributed by atoms with van der Waals surface area (Å²) in [5.41, 5.74) is 0.712. The van der Waals surface area contributed by atoms with E-state index in [0.29, 0.717) is 0 Å². The molecule has 2 aromatic rings. The molecule has 10 heteroatoms. The average Bonchev–Trinajstić information content (AvgIpc) is 2.68. The molecule has 0 heterocycles. The van der Waals surface area contributed by atoms with E-state index in [1.807, 2.05) is 24.3 Å². The fraction of sp³-hybridized carbons (Fsp3) is 0.381. The molecule has 168 valence electrons. The van der Waals surface area contributed by atoms with Gasteiger partial charge in [-0.3, -0.25) is 19.2 Å². The van der Waals surface area contributed by atoms with Crippen molar-refractivity contribution in [2.24, 2.45) is 0 Å². The molecule has 2 aromatic carbocycles. The van der Waals surface area contributed by atoms with E-state index in [2.05, 4.69) is 26.1 Å².